The lowest BCUT2D eigenvalue weighted by atomic mass is 9.88. The molecule has 29 heavy (non-hydrogen) atoms. The zero-order valence-corrected chi connectivity index (χ0v) is 15.8. The summed E-state index contributed by atoms with van der Waals surface area (Å²) >= 11 is 0. The Balaban J connectivity index is 1.35. The van der Waals surface area contributed by atoms with Gasteiger partial charge in [0.25, 0.3) is 0 Å². The number of rotatable bonds is 5. The fraction of sp³-hybridized carbons (Fsp3) is 0.227. The molecule has 7 heteroatoms. The van der Waals surface area contributed by atoms with Crippen LogP contribution in [0.25, 0.3) is 11.0 Å². The zero-order valence-electron chi connectivity index (χ0n) is 15.8. The van der Waals surface area contributed by atoms with E-state index in [1.165, 1.54) is 5.56 Å². The van der Waals surface area contributed by atoms with E-state index in [4.69, 9.17) is 9.47 Å². The van der Waals surface area contributed by atoms with Gasteiger partial charge < -0.3 is 14.8 Å². The number of nitrogens with zero attached hydrogens (tertiary/aromatic N) is 3. The third-order valence-corrected chi connectivity index (χ3v) is 5.21. The highest BCUT2D eigenvalue weighted by molar-refractivity contribution is 5.85. The second kappa shape index (κ2) is 7.89. The minimum atomic E-state index is 0.206. The van der Waals surface area contributed by atoms with E-state index in [1.54, 1.807) is 12.5 Å². The van der Waals surface area contributed by atoms with Crippen LogP contribution in [0.15, 0.2) is 67.1 Å². The maximum Gasteiger partial charge on any atom is 0.160 e. The first-order chi connectivity index (χ1) is 14.4. The van der Waals surface area contributed by atoms with Crippen molar-refractivity contribution in [2.75, 3.05) is 18.5 Å². The molecule has 2 unspecified atom stereocenters. The van der Waals surface area contributed by atoms with Gasteiger partial charge in [-0.2, -0.15) is 5.10 Å². The number of nitrogens with one attached hydrogen (secondary N) is 2. The lowest BCUT2D eigenvalue weighted by Crippen LogP contribution is -2.36. The van der Waals surface area contributed by atoms with Crippen molar-refractivity contribution >= 4 is 16.9 Å². The summed E-state index contributed by atoms with van der Waals surface area (Å²) in [7, 11) is 0. The Morgan fingerprint density at radius 2 is 1.83 bits per heavy atom. The molecular weight excluding hydrogens is 366 g/mol. The van der Waals surface area contributed by atoms with Crippen molar-refractivity contribution < 1.29 is 9.47 Å². The first-order valence-corrected chi connectivity index (χ1v) is 9.68. The molecule has 2 aromatic heterocycles. The van der Waals surface area contributed by atoms with Crippen molar-refractivity contribution in [2.45, 2.75) is 18.4 Å². The largest absolute Gasteiger partial charge is 0.457 e. The molecule has 2 atom stereocenters. The molecule has 2 aromatic carbocycles. The Bertz CT molecular complexity index is 1080. The quantitative estimate of drug-likeness (QED) is 0.536. The maximum absolute atomic E-state index is 5.91. The van der Waals surface area contributed by atoms with Crippen LogP contribution in [0.5, 0.6) is 11.5 Å². The first kappa shape index (κ1) is 17.6. The van der Waals surface area contributed by atoms with E-state index in [0.29, 0.717) is 6.61 Å². The van der Waals surface area contributed by atoms with Crippen molar-refractivity contribution in [3.8, 4) is 11.5 Å². The van der Waals surface area contributed by atoms with E-state index >= 15 is 0 Å². The second-order valence-corrected chi connectivity index (χ2v) is 7.06. The summed E-state index contributed by atoms with van der Waals surface area (Å²) in [5.74, 6) is 2.65. The molecule has 1 aliphatic heterocycles. The molecule has 1 aliphatic rings. The van der Waals surface area contributed by atoms with E-state index < -0.39 is 0 Å². The number of hydrogen-bond donors (Lipinski definition) is 2. The summed E-state index contributed by atoms with van der Waals surface area (Å²) in [5, 5.41) is 11.4. The van der Waals surface area contributed by atoms with Crippen LogP contribution in [0.4, 0.5) is 5.82 Å². The molecule has 146 valence electrons. The van der Waals surface area contributed by atoms with Gasteiger partial charge in [0.1, 0.15) is 23.6 Å². The Kier molecular flexibility index (Phi) is 4.80. The van der Waals surface area contributed by atoms with E-state index in [2.05, 4.69) is 37.6 Å². The van der Waals surface area contributed by atoms with Gasteiger partial charge in [-0.05, 0) is 36.2 Å². The van der Waals surface area contributed by atoms with Crippen LogP contribution in [-0.4, -0.2) is 39.4 Å². The van der Waals surface area contributed by atoms with E-state index in [9.17, 15) is 0 Å². The Morgan fingerprint density at radius 3 is 2.69 bits per heavy atom. The average molecular weight is 387 g/mol. The number of fused-ring (bicyclic) bond motifs is 1. The molecule has 3 heterocycles. The van der Waals surface area contributed by atoms with Crippen LogP contribution >= 0.6 is 0 Å². The van der Waals surface area contributed by atoms with Crippen LogP contribution in [-0.2, 0) is 4.74 Å². The number of benzene rings is 2. The SMILES string of the molecule is c1ccc(Oc2ccc(C3COCCC3Nc3ncnc4[nH]ncc34)cc2)cc1. The van der Waals surface area contributed by atoms with Crippen LogP contribution in [0.3, 0.4) is 0 Å². The molecule has 0 spiro atoms. The highest BCUT2D eigenvalue weighted by Crippen LogP contribution is 2.31. The van der Waals surface area contributed by atoms with Gasteiger partial charge in [0.2, 0.25) is 0 Å². The summed E-state index contributed by atoms with van der Waals surface area (Å²) in [5.41, 5.74) is 1.94. The number of anilines is 1. The van der Waals surface area contributed by atoms with Crippen LogP contribution in [0, 0.1) is 0 Å². The van der Waals surface area contributed by atoms with Crippen molar-refractivity contribution in [1.29, 1.82) is 0 Å². The predicted octanol–water partition coefficient (Wildman–Crippen LogP) is 4.13. The lowest BCUT2D eigenvalue weighted by molar-refractivity contribution is 0.0733. The molecule has 0 amide bonds. The topological polar surface area (TPSA) is 85.0 Å². The molecule has 0 aliphatic carbocycles. The molecule has 1 saturated heterocycles. The lowest BCUT2D eigenvalue weighted by Gasteiger charge is -2.33. The fourth-order valence-electron chi connectivity index (χ4n) is 3.70. The highest BCUT2D eigenvalue weighted by Gasteiger charge is 2.28. The molecule has 7 nitrogen and oxygen atoms in total. The van der Waals surface area contributed by atoms with Crippen molar-refractivity contribution in [2.24, 2.45) is 0 Å². The molecule has 2 N–H and O–H groups in total. The Labute approximate surface area is 168 Å². The van der Waals surface area contributed by atoms with Gasteiger partial charge in [-0.15, -0.1) is 0 Å². The monoisotopic (exact) mass is 387 g/mol. The van der Waals surface area contributed by atoms with E-state index in [0.717, 1.165) is 41.4 Å². The van der Waals surface area contributed by atoms with Gasteiger partial charge in [-0.1, -0.05) is 30.3 Å². The summed E-state index contributed by atoms with van der Waals surface area (Å²) in [6.45, 7) is 1.39. The number of para-hydroxylation sites is 1. The zero-order chi connectivity index (χ0) is 19.5. The van der Waals surface area contributed by atoms with Crippen molar-refractivity contribution in [1.82, 2.24) is 20.2 Å². The van der Waals surface area contributed by atoms with Crippen LogP contribution in [0.2, 0.25) is 0 Å². The third kappa shape index (κ3) is 3.77. The smallest absolute Gasteiger partial charge is 0.160 e. The van der Waals surface area contributed by atoms with Crippen LogP contribution in [0.1, 0.15) is 17.9 Å². The summed E-state index contributed by atoms with van der Waals surface area (Å²) in [4.78, 5) is 8.63. The molecule has 0 bridgehead atoms. The average Bonchev–Trinajstić information content (AvgIpc) is 3.26. The summed E-state index contributed by atoms with van der Waals surface area (Å²) in [6, 6.07) is 18.2. The molecular formula is C22H21N5O2. The minimum absolute atomic E-state index is 0.206. The molecule has 5 rings (SSSR count). The maximum atomic E-state index is 5.91. The number of hydrogen-bond acceptors (Lipinski definition) is 6. The van der Waals surface area contributed by atoms with Crippen molar-refractivity contribution in [3.05, 3.63) is 72.7 Å². The Morgan fingerprint density at radius 1 is 1.00 bits per heavy atom. The molecule has 1 fully saturated rings. The first-order valence-electron chi connectivity index (χ1n) is 9.68. The number of aromatic amines is 1. The van der Waals surface area contributed by atoms with Crippen molar-refractivity contribution in [3.63, 3.8) is 0 Å². The van der Waals surface area contributed by atoms with E-state index in [1.807, 2.05) is 42.5 Å². The van der Waals surface area contributed by atoms with Gasteiger partial charge in [-0.25, -0.2) is 9.97 Å². The van der Waals surface area contributed by atoms with Gasteiger partial charge >= 0.3 is 0 Å². The third-order valence-electron chi connectivity index (χ3n) is 5.21. The summed E-state index contributed by atoms with van der Waals surface area (Å²) < 4.78 is 11.7. The molecule has 0 saturated carbocycles. The van der Waals surface area contributed by atoms with Gasteiger partial charge in [0, 0.05) is 18.6 Å². The highest BCUT2D eigenvalue weighted by atomic mass is 16.5. The predicted molar refractivity (Wildman–Crippen MR) is 110 cm³/mol. The fourth-order valence-corrected chi connectivity index (χ4v) is 3.70. The minimum Gasteiger partial charge on any atom is -0.457 e. The number of aromatic nitrogens is 4. The number of ether oxygens (including phenoxy) is 2. The Hall–Kier alpha value is -3.45. The second-order valence-electron chi connectivity index (χ2n) is 7.06. The van der Waals surface area contributed by atoms with E-state index in [-0.39, 0.29) is 12.0 Å². The normalized spacial score (nSPS) is 19.2. The van der Waals surface area contributed by atoms with Crippen LogP contribution < -0.4 is 10.1 Å². The molecule has 4 aromatic rings. The van der Waals surface area contributed by atoms with Gasteiger partial charge in [0.15, 0.2) is 5.65 Å². The summed E-state index contributed by atoms with van der Waals surface area (Å²) in [6.07, 6.45) is 4.20. The number of H-pyrrole nitrogens is 1. The molecule has 0 radical (unpaired) electrons. The van der Waals surface area contributed by atoms with Gasteiger partial charge in [0.05, 0.1) is 18.2 Å². The standard InChI is InChI=1S/C22H21N5O2/c1-2-4-16(5-3-1)29-17-8-6-15(7-9-17)19-13-28-11-10-20(19)26-21-18-12-25-27-22(18)24-14-23-21/h1-9,12,14,19-20H,10-11,13H2,(H2,23,24,25,26,27). The van der Waals surface area contributed by atoms with Gasteiger partial charge in [-0.3, -0.25) is 5.10 Å².